The van der Waals surface area contributed by atoms with Crippen molar-refractivity contribution in [3.63, 3.8) is 0 Å². The molecule has 0 aromatic carbocycles. The van der Waals surface area contributed by atoms with Gasteiger partial charge in [-0.2, -0.15) is 11.8 Å². The van der Waals surface area contributed by atoms with Crippen molar-refractivity contribution in [3.8, 4) is 0 Å². The molecule has 0 aromatic heterocycles. The minimum atomic E-state index is -1.47. The average Bonchev–Trinajstić information content (AvgIpc) is 2.72. The van der Waals surface area contributed by atoms with E-state index in [0.29, 0.717) is 31.6 Å². The Bertz CT molecular complexity index is 567. The molecule has 0 saturated heterocycles. The summed E-state index contributed by atoms with van der Waals surface area (Å²) in [7, 11) is 0. The van der Waals surface area contributed by atoms with Gasteiger partial charge in [-0.25, -0.2) is 4.79 Å². The van der Waals surface area contributed by atoms with Crippen LogP contribution in [0, 0.1) is 0 Å². The van der Waals surface area contributed by atoms with Gasteiger partial charge in [-0.3, -0.25) is 14.4 Å². The Morgan fingerprint density at radius 2 is 1.37 bits per heavy atom. The molecule has 0 radical (unpaired) electrons. The molecule has 3 amide bonds. The minimum absolute atomic E-state index is 0.133. The summed E-state index contributed by atoms with van der Waals surface area (Å²) in [6.07, 6.45) is 3.40. The molecule has 4 unspecified atom stereocenters. The zero-order chi connectivity index (χ0) is 23.1. The van der Waals surface area contributed by atoms with E-state index in [0.717, 1.165) is 0 Å². The maximum Gasteiger partial charge on any atom is 0.326 e. The highest BCUT2D eigenvalue weighted by atomic mass is 32.2. The molecule has 13 heteroatoms. The molecule has 0 aliphatic rings. The van der Waals surface area contributed by atoms with Crippen molar-refractivity contribution in [2.45, 2.75) is 49.9 Å². The van der Waals surface area contributed by atoms with E-state index in [-0.39, 0.29) is 6.42 Å². The van der Waals surface area contributed by atoms with E-state index < -0.39 is 61.1 Å². The number of nitrogens with one attached hydrogen (secondary N) is 3. The molecule has 30 heavy (non-hydrogen) atoms. The van der Waals surface area contributed by atoms with Gasteiger partial charge in [0.2, 0.25) is 17.7 Å². The van der Waals surface area contributed by atoms with Crippen LogP contribution in [0.5, 0.6) is 0 Å². The van der Waals surface area contributed by atoms with Crippen LogP contribution in [0.1, 0.15) is 25.7 Å². The Kier molecular flexibility index (Phi) is 14.8. The number of thioether (sulfide) groups is 1. The van der Waals surface area contributed by atoms with Crippen LogP contribution in [-0.2, 0) is 19.2 Å². The summed E-state index contributed by atoms with van der Waals surface area (Å²) in [4.78, 5) is 47.9. The van der Waals surface area contributed by atoms with Gasteiger partial charge in [0.1, 0.15) is 18.1 Å². The lowest BCUT2D eigenvalue weighted by atomic mass is 10.1. The van der Waals surface area contributed by atoms with Crippen LogP contribution in [0.25, 0.3) is 0 Å². The number of hydrogen-bond acceptors (Lipinski definition) is 9. The highest BCUT2D eigenvalue weighted by Crippen LogP contribution is 2.02. The molecule has 0 aliphatic heterocycles. The van der Waals surface area contributed by atoms with Crippen LogP contribution in [-0.4, -0.2) is 94.9 Å². The van der Waals surface area contributed by atoms with Crippen molar-refractivity contribution in [1.82, 2.24) is 16.0 Å². The maximum absolute atomic E-state index is 12.3. The SMILES string of the molecule is CSCCC(N)C(=O)NC(CO)C(=O)NC(CO)C(=O)NC(CCCCN)C(=O)O. The van der Waals surface area contributed by atoms with Crippen molar-refractivity contribution in [2.24, 2.45) is 11.5 Å². The lowest BCUT2D eigenvalue weighted by Gasteiger charge is -2.23. The van der Waals surface area contributed by atoms with Gasteiger partial charge in [0.15, 0.2) is 0 Å². The summed E-state index contributed by atoms with van der Waals surface area (Å²) in [5.74, 6) is -3.11. The van der Waals surface area contributed by atoms with Crippen LogP contribution in [0.3, 0.4) is 0 Å². The molecule has 12 nitrogen and oxygen atoms in total. The van der Waals surface area contributed by atoms with Crippen molar-refractivity contribution in [2.75, 3.05) is 31.8 Å². The molecule has 174 valence electrons. The first-order chi connectivity index (χ1) is 14.2. The number of aliphatic hydroxyl groups excluding tert-OH is 2. The smallest absolute Gasteiger partial charge is 0.326 e. The summed E-state index contributed by atoms with van der Waals surface area (Å²) in [5, 5.41) is 34.7. The quantitative estimate of drug-likeness (QED) is 0.109. The van der Waals surface area contributed by atoms with Gasteiger partial charge in [-0.15, -0.1) is 0 Å². The molecule has 0 bridgehead atoms. The number of hydrogen-bond donors (Lipinski definition) is 8. The van der Waals surface area contributed by atoms with Crippen LogP contribution in [0.4, 0.5) is 0 Å². The summed E-state index contributed by atoms with van der Waals surface area (Å²) in [6.45, 7) is -1.19. The van der Waals surface area contributed by atoms with E-state index >= 15 is 0 Å². The van der Waals surface area contributed by atoms with E-state index in [1.54, 1.807) is 0 Å². The van der Waals surface area contributed by atoms with E-state index in [9.17, 15) is 34.5 Å². The van der Waals surface area contributed by atoms with Gasteiger partial charge < -0.3 is 42.7 Å². The highest BCUT2D eigenvalue weighted by molar-refractivity contribution is 7.98. The predicted molar refractivity (Wildman–Crippen MR) is 111 cm³/mol. The number of rotatable bonds is 16. The molecule has 0 spiro atoms. The van der Waals surface area contributed by atoms with Gasteiger partial charge in [0.05, 0.1) is 19.3 Å². The third kappa shape index (κ3) is 10.7. The van der Waals surface area contributed by atoms with Crippen molar-refractivity contribution < 1.29 is 34.5 Å². The number of carboxylic acids is 1. The van der Waals surface area contributed by atoms with Gasteiger partial charge in [-0.05, 0) is 44.2 Å². The Balaban J connectivity index is 4.88. The van der Waals surface area contributed by atoms with E-state index in [1.807, 2.05) is 6.26 Å². The summed E-state index contributed by atoms with van der Waals surface area (Å²) >= 11 is 1.50. The highest BCUT2D eigenvalue weighted by Gasteiger charge is 2.29. The molecule has 0 aliphatic carbocycles. The zero-order valence-corrected chi connectivity index (χ0v) is 17.8. The predicted octanol–water partition coefficient (Wildman–Crippen LogP) is -3.28. The van der Waals surface area contributed by atoms with E-state index in [1.165, 1.54) is 11.8 Å². The number of carboxylic acid groups (broad SMARTS) is 1. The first-order valence-corrected chi connectivity index (χ1v) is 10.9. The Morgan fingerprint density at radius 3 is 1.80 bits per heavy atom. The van der Waals surface area contributed by atoms with Crippen molar-refractivity contribution in [3.05, 3.63) is 0 Å². The van der Waals surface area contributed by atoms with Crippen molar-refractivity contribution >= 4 is 35.5 Å². The Morgan fingerprint density at radius 1 is 0.867 bits per heavy atom. The number of carbonyl (C=O) groups is 4. The second-order valence-corrected chi connectivity index (χ2v) is 7.54. The standard InChI is InChI=1S/C17H33N5O7S/c1-30-7-5-10(19)14(25)21-12(8-23)16(27)22-13(9-24)15(26)20-11(17(28)29)4-2-3-6-18/h10-13,23-24H,2-9,18-19H2,1H3,(H,20,26)(H,21,25)(H,22,27)(H,28,29). The second kappa shape index (κ2) is 15.8. The minimum Gasteiger partial charge on any atom is -0.480 e. The first-order valence-electron chi connectivity index (χ1n) is 9.51. The van der Waals surface area contributed by atoms with Crippen molar-refractivity contribution in [1.29, 1.82) is 0 Å². The zero-order valence-electron chi connectivity index (χ0n) is 17.0. The number of aliphatic hydroxyl groups is 2. The third-order valence-corrected chi connectivity index (χ3v) is 4.81. The number of unbranched alkanes of at least 4 members (excludes halogenated alkanes) is 1. The summed E-state index contributed by atoms with van der Waals surface area (Å²) in [5.41, 5.74) is 11.1. The molecular weight excluding hydrogens is 418 g/mol. The van der Waals surface area contributed by atoms with Crippen LogP contribution in [0.15, 0.2) is 0 Å². The lowest BCUT2D eigenvalue weighted by molar-refractivity contribution is -0.142. The van der Waals surface area contributed by atoms with Gasteiger partial charge >= 0.3 is 5.97 Å². The number of amides is 3. The molecule has 0 fully saturated rings. The topological polar surface area (TPSA) is 217 Å². The molecule has 0 saturated carbocycles. The molecule has 10 N–H and O–H groups in total. The van der Waals surface area contributed by atoms with Crippen LogP contribution in [0.2, 0.25) is 0 Å². The molecule has 0 heterocycles. The number of nitrogens with two attached hydrogens (primary N) is 2. The lowest BCUT2D eigenvalue weighted by Crippen LogP contribution is -2.59. The summed E-state index contributed by atoms with van der Waals surface area (Å²) < 4.78 is 0. The Labute approximate surface area is 179 Å². The summed E-state index contributed by atoms with van der Waals surface area (Å²) in [6, 6.07) is -4.94. The largest absolute Gasteiger partial charge is 0.480 e. The van der Waals surface area contributed by atoms with Crippen LogP contribution >= 0.6 is 11.8 Å². The fourth-order valence-electron chi connectivity index (χ4n) is 2.34. The van der Waals surface area contributed by atoms with Gasteiger partial charge in [0, 0.05) is 0 Å². The molecule has 0 aromatic rings. The maximum atomic E-state index is 12.3. The molecular formula is C17H33N5O7S. The monoisotopic (exact) mass is 451 g/mol. The average molecular weight is 452 g/mol. The molecule has 4 atom stereocenters. The van der Waals surface area contributed by atoms with E-state index in [4.69, 9.17) is 11.5 Å². The second-order valence-electron chi connectivity index (χ2n) is 6.56. The Hall–Kier alpha value is -1.93. The van der Waals surface area contributed by atoms with E-state index in [2.05, 4.69) is 16.0 Å². The molecule has 0 rings (SSSR count). The van der Waals surface area contributed by atoms with Gasteiger partial charge in [-0.1, -0.05) is 0 Å². The van der Waals surface area contributed by atoms with Gasteiger partial charge in [0.25, 0.3) is 0 Å². The number of aliphatic carboxylic acids is 1. The normalized spacial score (nSPS) is 14.8. The third-order valence-electron chi connectivity index (χ3n) is 4.16. The fourth-order valence-corrected chi connectivity index (χ4v) is 2.83. The van der Waals surface area contributed by atoms with Crippen LogP contribution < -0.4 is 27.4 Å². The number of carbonyl (C=O) groups excluding carboxylic acids is 3. The fraction of sp³-hybridized carbons (Fsp3) is 0.765. The first kappa shape index (κ1) is 28.1.